The van der Waals surface area contributed by atoms with Gasteiger partial charge in [0, 0.05) is 12.7 Å². The molecule has 1 aliphatic carbocycles. The molecule has 0 bridgehead atoms. The van der Waals surface area contributed by atoms with Crippen molar-refractivity contribution in [2.45, 2.75) is 13.0 Å². The van der Waals surface area contributed by atoms with Crippen molar-refractivity contribution in [2.75, 3.05) is 5.32 Å². The molecule has 4 aromatic rings. The van der Waals surface area contributed by atoms with Crippen LogP contribution in [-0.4, -0.2) is 25.2 Å². The summed E-state index contributed by atoms with van der Waals surface area (Å²) in [6.45, 7) is -0.107. The number of aromatic nitrogens is 4. The van der Waals surface area contributed by atoms with Gasteiger partial charge in [0.25, 0.3) is 5.56 Å². The molecule has 138 valence electrons. The Balaban J connectivity index is 1.39. The summed E-state index contributed by atoms with van der Waals surface area (Å²) < 4.78 is 2.82. The molecule has 0 saturated carbocycles. The molecule has 28 heavy (non-hydrogen) atoms. The van der Waals surface area contributed by atoms with Gasteiger partial charge in [-0.2, -0.15) is 5.10 Å². The second kappa shape index (κ2) is 6.16. The first-order valence-corrected chi connectivity index (χ1v) is 8.98. The molecule has 7 nitrogen and oxygen atoms in total. The van der Waals surface area contributed by atoms with Crippen LogP contribution in [0.5, 0.6) is 0 Å². The minimum Gasteiger partial charge on any atom is -0.325 e. The van der Waals surface area contributed by atoms with E-state index in [4.69, 9.17) is 0 Å². The highest BCUT2D eigenvalue weighted by Gasteiger charge is 2.18. The number of carbonyl (C=O) groups excluding carboxylic acids is 1. The van der Waals surface area contributed by atoms with Crippen LogP contribution in [0.3, 0.4) is 0 Å². The molecule has 2 heterocycles. The summed E-state index contributed by atoms with van der Waals surface area (Å²) in [5, 5.41) is 7.32. The van der Waals surface area contributed by atoms with Crippen LogP contribution in [0.25, 0.3) is 22.2 Å². The van der Waals surface area contributed by atoms with E-state index in [-0.39, 0.29) is 18.0 Å². The van der Waals surface area contributed by atoms with Crippen molar-refractivity contribution in [3.63, 3.8) is 0 Å². The van der Waals surface area contributed by atoms with Gasteiger partial charge < -0.3 is 5.32 Å². The van der Waals surface area contributed by atoms with E-state index in [1.54, 1.807) is 7.05 Å². The SMILES string of the molecule is Cn1ncc2c(=O)n(CC(=O)Nc3ccc4c(c3)-c3ccccc3C4)cnc21. The van der Waals surface area contributed by atoms with Crippen LogP contribution in [0, 0.1) is 0 Å². The number of rotatable bonds is 3. The minimum atomic E-state index is -0.281. The molecule has 1 aliphatic rings. The number of carbonyl (C=O) groups is 1. The molecule has 0 fully saturated rings. The quantitative estimate of drug-likeness (QED) is 0.528. The molecule has 1 amide bonds. The lowest BCUT2D eigenvalue weighted by molar-refractivity contribution is -0.116. The van der Waals surface area contributed by atoms with Gasteiger partial charge in [0.15, 0.2) is 5.65 Å². The van der Waals surface area contributed by atoms with Crippen molar-refractivity contribution in [1.82, 2.24) is 19.3 Å². The Hall–Kier alpha value is -3.74. The van der Waals surface area contributed by atoms with E-state index in [1.165, 1.54) is 38.5 Å². The molecular weight excluding hydrogens is 354 g/mol. The van der Waals surface area contributed by atoms with Crippen LogP contribution in [0.4, 0.5) is 5.69 Å². The van der Waals surface area contributed by atoms with Crippen molar-refractivity contribution in [2.24, 2.45) is 7.05 Å². The van der Waals surface area contributed by atoms with Gasteiger partial charge in [-0.05, 0) is 40.8 Å². The Morgan fingerprint density at radius 1 is 1.14 bits per heavy atom. The third kappa shape index (κ3) is 2.60. The van der Waals surface area contributed by atoms with E-state index in [1.807, 2.05) is 30.3 Å². The van der Waals surface area contributed by atoms with Gasteiger partial charge in [0.2, 0.25) is 5.91 Å². The smallest absolute Gasteiger partial charge is 0.264 e. The van der Waals surface area contributed by atoms with E-state index < -0.39 is 0 Å². The molecule has 0 radical (unpaired) electrons. The van der Waals surface area contributed by atoms with Crippen LogP contribution in [-0.2, 0) is 24.8 Å². The highest BCUT2D eigenvalue weighted by atomic mass is 16.2. The summed E-state index contributed by atoms with van der Waals surface area (Å²) in [4.78, 5) is 29.2. The number of hydrogen-bond donors (Lipinski definition) is 1. The number of benzene rings is 2. The van der Waals surface area contributed by atoms with Crippen molar-refractivity contribution in [3.05, 3.63) is 76.5 Å². The number of amides is 1. The second-order valence-corrected chi connectivity index (χ2v) is 6.94. The molecule has 1 N–H and O–H groups in total. The normalized spacial score (nSPS) is 12.0. The maximum Gasteiger partial charge on any atom is 0.264 e. The Bertz CT molecular complexity index is 1300. The third-order valence-corrected chi connectivity index (χ3v) is 5.11. The lowest BCUT2D eigenvalue weighted by Crippen LogP contribution is -2.27. The predicted octanol–water partition coefficient (Wildman–Crippen LogP) is 2.34. The molecular formula is C21H17N5O2. The average molecular weight is 371 g/mol. The van der Waals surface area contributed by atoms with Crippen LogP contribution < -0.4 is 10.9 Å². The predicted molar refractivity (Wildman–Crippen MR) is 106 cm³/mol. The zero-order valence-corrected chi connectivity index (χ0v) is 15.2. The fourth-order valence-corrected chi connectivity index (χ4v) is 3.74. The maximum atomic E-state index is 12.5. The van der Waals surface area contributed by atoms with Gasteiger partial charge in [-0.15, -0.1) is 0 Å². The Morgan fingerprint density at radius 3 is 2.86 bits per heavy atom. The topological polar surface area (TPSA) is 81.8 Å². The number of fused-ring (bicyclic) bond motifs is 4. The van der Waals surface area contributed by atoms with E-state index in [0.29, 0.717) is 16.7 Å². The standard InChI is InChI=1S/C21H17N5O2/c1-25-20-18(10-23-25)21(28)26(12-22-20)11-19(27)24-15-7-6-14-8-13-4-2-3-5-16(13)17(14)9-15/h2-7,9-10,12H,8,11H2,1H3,(H,24,27). The summed E-state index contributed by atoms with van der Waals surface area (Å²) >= 11 is 0. The highest BCUT2D eigenvalue weighted by Crippen LogP contribution is 2.37. The summed E-state index contributed by atoms with van der Waals surface area (Å²) in [5.41, 5.74) is 5.82. The van der Waals surface area contributed by atoms with Crippen molar-refractivity contribution in [3.8, 4) is 11.1 Å². The zero-order valence-electron chi connectivity index (χ0n) is 15.2. The molecule has 2 aromatic carbocycles. The molecule has 5 rings (SSSR count). The first-order valence-electron chi connectivity index (χ1n) is 8.98. The molecule has 0 atom stereocenters. The fourth-order valence-electron chi connectivity index (χ4n) is 3.74. The molecule has 2 aromatic heterocycles. The van der Waals surface area contributed by atoms with Gasteiger partial charge >= 0.3 is 0 Å². The average Bonchev–Trinajstić information content (AvgIpc) is 3.25. The minimum absolute atomic E-state index is 0.107. The molecule has 0 aliphatic heterocycles. The number of nitrogens with one attached hydrogen (secondary N) is 1. The van der Waals surface area contributed by atoms with Gasteiger partial charge in [-0.1, -0.05) is 30.3 Å². The molecule has 0 unspecified atom stereocenters. The van der Waals surface area contributed by atoms with Gasteiger partial charge in [0.05, 0.1) is 6.20 Å². The van der Waals surface area contributed by atoms with Gasteiger partial charge in [0.1, 0.15) is 18.3 Å². The number of hydrogen-bond acceptors (Lipinski definition) is 4. The lowest BCUT2D eigenvalue weighted by Gasteiger charge is -2.09. The summed E-state index contributed by atoms with van der Waals surface area (Å²) in [6.07, 6.45) is 3.76. The monoisotopic (exact) mass is 371 g/mol. The molecule has 0 spiro atoms. The number of anilines is 1. The van der Waals surface area contributed by atoms with E-state index >= 15 is 0 Å². The molecule has 7 heteroatoms. The lowest BCUT2D eigenvalue weighted by atomic mass is 10.1. The van der Waals surface area contributed by atoms with Crippen LogP contribution >= 0.6 is 0 Å². The largest absolute Gasteiger partial charge is 0.325 e. The van der Waals surface area contributed by atoms with E-state index in [2.05, 4.69) is 27.5 Å². The Labute approximate surface area is 160 Å². The van der Waals surface area contributed by atoms with Crippen molar-refractivity contribution < 1.29 is 4.79 Å². The Morgan fingerprint density at radius 2 is 1.96 bits per heavy atom. The van der Waals surface area contributed by atoms with E-state index in [9.17, 15) is 9.59 Å². The second-order valence-electron chi connectivity index (χ2n) is 6.94. The molecule has 0 saturated heterocycles. The van der Waals surface area contributed by atoms with Crippen molar-refractivity contribution >= 4 is 22.6 Å². The Kier molecular flexibility index (Phi) is 3.61. The number of nitrogens with zero attached hydrogens (tertiary/aromatic N) is 4. The summed E-state index contributed by atoms with van der Waals surface area (Å²) in [6, 6.07) is 14.2. The van der Waals surface area contributed by atoms with Gasteiger partial charge in [-0.3, -0.25) is 18.8 Å². The zero-order chi connectivity index (χ0) is 19.3. The first kappa shape index (κ1) is 16.4. The number of aryl methyl sites for hydroxylation is 1. The third-order valence-electron chi connectivity index (χ3n) is 5.11. The van der Waals surface area contributed by atoms with Crippen LogP contribution in [0.1, 0.15) is 11.1 Å². The first-order chi connectivity index (χ1) is 13.6. The summed E-state index contributed by atoms with van der Waals surface area (Å²) in [7, 11) is 1.72. The fraction of sp³-hybridized carbons (Fsp3) is 0.143. The summed E-state index contributed by atoms with van der Waals surface area (Å²) in [5.74, 6) is -0.279. The maximum absolute atomic E-state index is 12.5. The van der Waals surface area contributed by atoms with E-state index in [0.717, 1.165) is 12.0 Å². The van der Waals surface area contributed by atoms with Crippen LogP contribution in [0.2, 0.25) is 0 Å². The van der Waals surface area contributed by atoms with Crippen LogP contribution in [0.15, 0.2) is 59.8 Å². The van der Waals surface area contributed by atoms with Crippen molar-refractivity contribution in [1.29, 1.82) is 0 Å². The highest BCUT2D eigenvalue weighted by molar-refractivity contribution is 5.92. The van der Waals surface area contributed by atoms with Gasteiger partial charge in [-0.25, -0.2) is 4.98 Å².